The highest BCUT2D eigenvalue weighted by molar-refractivity contribution is 7.94. The molecular formula is C10H14O2S. The van der Waals surface area contributed by atoms with Gasteiger partial charge in [-0.25, -0.2) is 4.89 Å². The summed E-state index contributed by atoms with van der Waals surface area (Å²) in [5.74, 6) is 0.572. The summed E-state index contributed by atoms with van der Waals surface area (Å²) in [5, 5.41) is 0. The summed E-state index contributed by atoms with van der Waals surface area (Å²) in [5.41, 5.74) is 1.33. The molecule has 13 heavy (non-hydrogen) atoms. The number of rotatable bonds is 4. The van der Waals surface area contributed by atoms with Crippen LogP contribution in [-0.4, -0.2) is 7.11 Å². The van der Waals surface area contributed by atoms with Gasteiger partial charge in [0.2, 0.25) is 0 Å². The van der Waals surface area contributed by atoms with E-state index >= 15 is 0 Å². The van der Waals surface area contributed by atoms with E-state index in [4.69, 9.17) is 4.33 Å². The van der Waals surface area contributed by atoms with E-state index in [0.717, 1.165) is 4.90 Å². The van der Waals surface area contributed by atoms with Gasteiger partial charge in [0.1, 0.15) is 0 Å². The average Bonchev–Trinajstić information content (AvgIpc) is 2.15. The molecule has 0 aromatic heterocycles. The van der Waals surface area contributed by atoms with Crippen molar-refractivity contribution >= 4 is 12.0 Å². The number of hydrogen-bond acceptors (Lipinski definition) is 3. The summed E-state index contributed by atoms with van der Waals surface area (Å²) >= 11 is 1.22. The van der Waals surface area contributed by atoms with Crippen LogP contribution in [0.3, 0.4) is 0 Å². The van der Waals surface area contributed by atoms with Crippen molar-refractivity contribution in [2.24, 2.45) is 0 Å². The quantitative estimate of drug-likeness (QED) is 0.419. The molecule has 1 aromatic carbocycles. The number of benzene rings is 1. The molecule has 0 heterocycles. The Kier molecular flexibility index (Phi) is 4.28. The van der Waals surface area contributed by atoms with Gasteiger partial charge < -0.3 is 0 Å². The number of hydrogen-bond donors (Lipinski definition) is 0. The largest absolute Gasteiger partial charge is 0.227 e. The molecule has 0 fully saturated rings. The molecule has 0 atom stereocenters. The standard InChI is InChI=1S/C10H14O2S/c1-8(2)9-4-6-10(7-5-9)13-12-11-3/h4-8H,1-3H3. The summed E-state index contributed by atoms with van der Waals surface area (Å²) < 4.78 is 4.74. The highest BCUT2D eigenvalue weighted by Gasteiger charge is 1.99. The van der Waals surface area contributed by atoms with Gasteiger partial charge in [-0.1, -0.05) is 26.0 Å². The molecule has 0 spiro atoms. The smallest absolute Gasteiger partial charge is 0.0725 e. The SMILES string of the molecule is COOSc1ccc(C(C)C)cc1. The first-order chi connectivity index (χ1) is 6.24. The monoisotopic (exact) mass is 198 g/mol. The molecule has 1 rings (SSSR count). The lowest BCUT2D eigenvalue weighted by Crippen LogP contribution is -1.86. The fourth-order valence-electron chi connectivity index (χ4n) is 0.982. The molecule has 72 valence electrons. The third kappa shape index (κ3) is 3.38. The molecule has 0 aliphatic heterocycles. The maximum Gasteiger partial charge on any atom is 0.0725 e. The average molecular weight is 198 g/mol. The Balaban J connectivity index is 2.59. The lowest BCUT2D eigenvalue weighted by molar-refractivity contribution is -0.160. The van der Waals surface area contributed by atoms with Crippen LogP contribution in [0.5, 0.6) is 0 Å². The van der Waals surface area contributed by atoms with Crippen molar-refractivity contribution in [1.29, 1.82) is 0 Å². The van der Waals surface area contributed by atoms with Crippen LogP contribution < -0.4 is 0 Å². The van der Waals surface area contributed by atoms with E-state index in [1.807, 2.05) is 12.1 Å². The van der Waals surface area contributed by atoms with E-state index in [-0.39, 0.29) is 0 Å². The summed E-state index contributed by atoms with van der Waals surface area (Å²) in [4.78, 5) is 5.53. The zero-order valence-corrected chi connectivity index (χ0v) is 8.93. The zero-order valence-electron chi connectivity index (χ0n) is 8.11. The maximum absolute atomic E-state index is 4.74. The van der Waals surface area contributed by atoms with Crippen LogP contribution in [0, 0.1) is 0 Å². The topological polar surface area (TPSA) is 18.5 Å². The van der Waals surface area contributed by atoms with Crippen molar-refractivity contribution in [3.05, 3.63) is 29.8 Å². The molecule has 0 saturated carbocycles. The normalized spacial score (nSPS) is 10.8. The van der Waals surface area contributed by atoms with Crippen LogP contribution in [0.1, 0.15) is 25.3 Å². The van der Waals surface area contributed by atoms with E-state index < -0.39 is 0 Å². The first-order valence-electron chi connectivity index (χ1n) is 4.21. The van der Waals surface area contributed by atoms with E-state index in [9.17, 15) is 0 Å². The third-order valence-electron chi connectivity index (χ3n) is 1.75. The highest BCUT2D eigenvalue weighted by Crippen LogP contribution is 2.22. The van der Waals surface area contributed by atoms with Gasteiger partial charge in [0.25, 0.3) is 0 Å². The second-order valence-corrected chi connectivity index (χ2v) is 3.82. The van der Waals surface area contributed by atoms with Crippen LogP contribution in [0.15, 0.2) is 29.2 Å². The van der Waals surface area contributed by atoms with Crippen LogP contribution in [0.25, 0.3) is 0 Å². The molecule has 3 heteroatoms. The van der Waals surface area contributed by atoms with Crippen LogP contribution in [0.4, 0.5) is 0 Å². The Morgan fingerprint density at radius 3 is 2.23 bits per heavy atom. The fourth-order valence-corrected chi connectivity index (χ4v) is 1.38. The molecular weight excluding hydrogens is 184 g/mol. The zero-order chi connectivity index (χ0) is 9.68. The predicted octanol–water partition coefficient (Wildman–Crippen LogP) is 3.40. The van der Waals surface area contributed by atoms with Crippen molar-refractivity contribution in [3.63, 3.8) is 0 Å². The molecule has 0 aliphatic rings. The minimum absolute atomic E-state index is 0.572. The van der Waals surface area contributed by atoms with Crippen LogP contribution >= 0.6 is 12.0 Å². The molecule has 2 nitrogen and oxygen atoms in total. The molecule has 0 bridgehead atoms. The molecule has 0 amide bonds. The van der Waals surface area contributed by atoms with E-state index in [1.165, 1.54) is 24.7 Å². The van der Waals surface area contributed by atoms with Gasteiger partial charge in [0.15, 0.2) is 0 Å². The van der Waals surface area contributed by atoms with E-state index in [2.05, 4.69) is 30.9 Å². The molecule has 0 saturated heterocycles. The van der Waals surface area contributed by atoms with Gasteiger partial charge in [0.05, 0.1) is 19.2 Å². The third-order valence-corrected chi connectivity index (χ3v) is 2.41. The van der Waals surface area contributed by atoms with Gasteiger partial charge >= 0.3 is 0 Å². The fraction of sp³-hybridized carbons (Fsp3) is 0.400. The summed E-state index contributed by atoms with van der Waals surface area (Å²) in [6.45, 7) is 4.35. The minimum Gasteiger partial charge on any atom is -0.227 e. The Morgan fingerprint density at radius 1 is 1.15 bits per heavy atom. The molecule has 0 aliphatic carbocycles. The molecule has 0 radical (unpaired) electrons. The first-order valence-corrected chi connectivity index (χ1v) is 4.95. The Morgan fingerprint density at radius 2 is 1.77 bits per heavy atom. The van der Waals surface area contributed by atoms with Gasteiger partial charge in [-0.3, -0.25) is 0 Å². The van der Waals surface area contributed by atoms with Gasteiger partial charge in [-0.05, 0) is 23.6 Å². The Bertz CT molecular complexity index is 244. The highest BCUT2D eigenvalue weighted by atomic mass is 32.2. The predicted molar refractivity (Wildman–Crippen MR) is 54.5 cm³/mol. The van der Waals surface area contributed by atoms with Crippen LogP contribution in [-0.2, 0) is 9.22 Å². The van der Waals surface area contributed by atoms with Crippen LogP contribution in [0.2, 0.25) is 0 Å². The second-order valence-electron chi connectivity index (χ2n) is 3.04. The van der Waals surface area contributed by atoms with E-state index in [1.54, 1.807) is 0 Å². The molecule has 0 N–H and O–H groups in total. The Labute approximate surface area is 83.4 Å². The van der Waals surface area contributed by atoms with Crippen molar-refractivity contribution in [2.45, 2.75) is 24.7 Å². The summed E-state index contributed by atoms with van der Waals surface area (Å²) in [7, 11) is 1.50. The summed E-state index contributed by atoms with van der Waals surface area (Å²) in [6.07, 6.45) is 0. The minimum atomic E-state index is 0.572. The van der Waals surface area contributed by atoms with Crippen molar-refractivity contribution in [3.8, 4) is 0 Å². The van der Waals surface area contributed by atoms with Crippen molar-refractivity contribution < 1.29 is 9.22 Å². The van der Waals surface area contributed by atoms with Gasteiger partial charge in [-0.15, -0.1) is 0 Å². The van der Waals surface area contributed by atoms with Gasteiger partial charge in [-0.2, -0.15) is 4.33 Å². The molecule has 0 unspecified atom stereocenters. The Hall–Kier alpha value is -0.510. The summed E-state index contributed by atoms with van der Waals surface area (Å²) in [6, 6.07) is 8.26. The van der Waals surface area contributed by atoms with Crippen molar-refractivity contribution in [2.75, 3.05) is 7.11 Å². The van der Waals surface area contributed by atoms with Gasteiger partial charge in [0, 0.05) is 4.90 Å². The lowest BCUT2D eigenvalue weighted by atomic mass is 10.0. The van der Waals surface area contributed by atoms with Crippen molar-refractivity contribution in [1.82, 2.24) is 0 Å². The second kappa shape index (κ2) is 5.27. The first kappa shape index (κ1) is 10.6. The van der Waals surface area contributed by atoms with E-state index in [0.29, 0.717) is 5.92 Å². The molecule has 1 aromatic rings. The maximum atomic E-state index is 4.74. The lowest BCUT2D eigenvalue weighted by Gasteiger charge is -2.05.